The number of hydrogen-bond acceptors (Lipinski definition) is 7. The molecule has 0 spiro atoms. The number of benzene rings is 2. The number of Topliss-reactive ketones (excluding diaryl/α,β-unsaturated/α-hetero) is 1. The summed E-state index contributed by atoms with van der Waals surface area (Å²) in [4.78, 5) is 15.6. The second-order valence-electron chi connectivity index (χ2n) is 10.5. The lowest BCUT2D eigenvalue weighted by molar-refractivity contribution is -0.118. The average molecular weight is 662 g/mol. The second-order valence-corrected chi connectivity index (χ2v) is 12.1. The second kappa shape index (κ2) is 12.2. The van der Waals surface area contributed by atoms with Gasteiger partial charge in [-0.05, 0) is 76.7 Å². The molecule has 206 valence electrons. The Morgan fingerprint density at radius 2 is 1.92 bits per heavy atom. The Morgan fingerprint density at radius 1 is 1.21 bits per heavy atom. The molecule has 1 heterocycles. The quantitative estimate of drug-likeness (QED) is 0.315. The molecule has 2 N–H and O–H groups in total. The van der Waals surface area contributed by atoms with Crippen molar-refractivity contribution in [2.24, 2.45) is 11.1 Å². The SMILES string of the molecule is CCOc1cc([C@@H]2C(C#N)=C(N)N(CCOC)C3=C2C(=O)CC(C)(C)C3)cc(I)c1OCc1ccc(Cl)cc1. The largest absolute Gasteiger partial charge is 0.490 e. The molecule has 2 aromatic carbocycles. The molecule has 9 heteroatoms. The minimum absolute atomic E-state index is 0.0324. The van der Waals surface area contributed by atoms with Crippen LogP contribution in [-0.2, 0) is 16.1 Å². The van der Waals surface area contributed by atoms with Crippen molar-refractivity contribution in [3.63, 3.8) is 0 Å². The van der Waals surface area contributed by atoms with Gasteiger partial charge in [-0.2, -0.15) is 5.26 Å². The number of allylic oxidation sites excluding steroid dienone is 3. The molecule has 0 saturated carbocycles. The van der Waals surface area contributed by atoms with Crippen molar-refractivity contribution >= 4 is 40.0 Å². The summed E-state index contributed by atoms with van der Waals surface area (Å²) in [7, 11) is 1.62. The molecule has 1 aliphatic carbocycles. The molecule has 1 atom stereocenters. The van der Waals surface area contributed by atoms with Gasteiger partial charge in [0.1, 0.15) is 12.4 Å². The van der Waals surface area contributed by atoms with Crippen LogP contribution in [0.2, 0.25) is 5.02 Å². The van der Waals surface area contributed by atoms with Gasteiger partial charge in [0.25, 0.3) is 0 Å². The van der Waals surface area contributed by atoms with Crippen LogP contribution in [-0.4, -0.2) is 37.6 Å². The minimum Gasteiger partial charge on any atom is -0.490 e. The molecule has 1 aliphatic heterocycles. The van der Waals surface area contributed by atoms with Gasteiger partial charge in [0, 0.05) is 36.4 Å². The Kier molecular flexibility index (Phi) is 9.14. The van der Waals surface area contributed by atoms with E-state index in [9.17, 15) is 10.1 Å². The highest BCUT2D eigenvalue weighted by Gasteiger charge is 2.44. The van der Waals surface area contributed by atoms with E-state index in [-0.39, 0.29) is 11.2 Å². The first-order chi connectivity index (χ1) is 18.6. The number of hydrogen-bond donors (Lipinski definition) is 1. The first kappa shape index (κ1) is 29.2. The van der Waals surface area contributed by atoms with Crippen LogP contribution >= 0.6 is 34.2 Å². The zero-order chi connectivity index (χ0) is 28.3. The van der Waals surface area contributed by atoms with Crippen LogP contribution in [0, 0.1) is 20.3 Å². The zero-order valence-electron chi connectivity index (χ0n) is 22.6. The highest BCUT2D eigenvalue weighted by molar-refractivity contribution is 14.1. The number of nitrogens with two attached hydrogens (primary N) is 1. The van der Waals surface area contributed by atoms with E-state index in [0.717, 1.165) is 20.4 Å². The normalized spacial score (nSPS) is 18.6. The molecule has 0 radical (unpaired) electrons. The van der Waals surface area contributed by atoms with E-state index in [4.69, 9.17) is 31.5 Å². The summed E-state index contributed by atoms with van der Waals surface area (Å²) in [5.74, 6) is 0.960. The van der Waals surface area contributed by atoms with Gasteiger partial charge >= 0.3 is 0 Å². The predicted molar refractivity (Wildman–Crippen MR) is 159 cm³/mol. The van der Waals surface area contributed by atoms with Crippen LogP contribution in [0.25, 0.3) is 0 Å². The number of ketones is 1. The standard InChI is InChI=1S/C30H33ClIN3O4/c1-5-38-25-13-19(12-22(32)28(25)39-17-18-6-8-20(31)9-7-18)26-21(16-33)29(34)35(10-11-37-4)23-14-30(2,3)15-24(36)27(23)26/h6-9,12-13,26H,5,10-11,14-15,17,34H2,1-4H3/t26-/m1/s1. The van der Waals surface area contributed by atoms with Crippen molar-refractivity contribution in [2.45, 2.75) is 46.1 Å². The first-order valence-corrected chi connectivity index (χ1v) is 14.3. The van der Waals surface area contributed by atoms with E-state index in [1.807, 2.05) is 48.2 Å². The molecule has 0 saturated heterocycles. The summed E-state index contributed by atoms with van der Waals surface area (Å²) in [5, 5.41) is 11.0. The van der Waals surface area contributed by atoms with Gasteiger partial charge in [0.05, 0.1) is 34.3 Å². The maximum atomic E-state index is 13.7. The average Bonchev–Trinajstić information content (AvgIpc) is 2.87. The maximum Gasteiger partial charge on any atom is 0.174 e. The van der Waals surface area contributed by atoms with Crippen LogP contribution in [0.1, 0.15) is 50.7 Å². The number of nitrogens with zero attached hydrogens (tertiary/aromatic N) is 2. The molecular weight excluding hydrogens is 629 g/mol. The van der Waals surface area contributed by atoms with Gasteiger partial charge in [-0.25, -0.2) is 0 Å². The van der Waals surface area contributed by atoms with Crippen molar-refractivity contribution in [2.75, 3.05) is 26.9 Å². The summed E-state index contributed by atoms with van der Waals surface area (Å²) in [6, 6.07) is 13.6. The fourth-order valence-electron chi connectivity index (χ4n) is 5.24. The molecule has 4 rings (SSSR count). The van der Waals surface area contributed by atoms with Gasteiger partial charge in [-0.15, -0.1) is 0 Å². The highest BCUT2D eigenvalue weighted by Crippen LogP contribution is 2.50. The lowest BCUT2D eigenvalue weighted by Crippen LogP contribution is -2.43. The van der Waals surface area contributed by atoms with Gasteiger partial charge in [-0.3, -0.25) is 4.79 Å². The third kappa shape index (κ3) is 6.21. The number of ether oxygens (including phenoxy) is 3. The number of methoxy groups -OCH3 is 1. The molecular formula is C30H33ClIN3O4. The summed E-state index contributed by atoms with van der Waals surface area (Å²) in [6.45, 7) is 7.72. The Hall–Kier alpha value is -2.74. The topological polar surface area (TPSA) is 97.8 Å². The summed E-state index contributed by atoms with van der Waals surface area (Å²) >= 11 is 8.24. The molecule has 7 nitrogen and oxygen atoms in total. The number of halogens is 2. The number of carbonyl (C=O) groups is 1. The van der Waals surface area contributed by atoms with Crippen LogP contribution in [0.3, 0.4) is 0 Å². The van der Waals surface area contributed by atoms with Crippen molar-refractivity contribution < 1.29 is 19.0 Å². The summed E-state index contributed by atoms with van der Waals surface area (Å²) < 4.78 is 18.3. The number of rotatable bonds is 9. The third-order valence-electron chi connectivity index (χ3n) is 6.97. The first-order valence-electron chi connectivity index (χ1n) is 12.9. The molecule has 39 heavy (non-hydrogen) atoms. The van der Waals surface area contributed by atoms with Crippen molar-refractivity contribution in [3.05, 3.63) is 78.8 Å². The van der Waals surface area contributed by atoms with E-state index < -0.39 is 5.92 Å². The molecule has 2 aliphatic rings. The summed E-state index contributed by atoms with van der Waals surface area (Å²) in [6.07, 6.45) is 1.07. The van der Waals surface area contributed by atoms with Crippen molar-refractivity contribution in [1.29, 1.82) is 5.26 Å². The van der Waals surface area contributed by atoms with Crippen LogP contribution < -0.4 is 15.2 Å². The van der Waals surface area contributed by atoms with Crippen molar-refractivity contribution in [1.82, 2.24) is 4.90 Å². The number of nitriles is 1. The maximum absolute atomic E-state index is 13.7. The fraction of sp³-hybridized carbons (Fsp3) is 0.400. The van der Waals surface area contributed by atoms with Gasteiger partial charge in [0.2, 0.25) is 0 Å². The molecule has 0 amide bonds. The molecule has 0 unspecified atom stereocenters. The van der Waals surface area contributed by atoms with Gasteiger partial charge in [0.15, 0.2) is 17.3 Å². The lowest BCUT2D eigenvalue weighted by Gasteiger charge is -2.43. The Labute approximate surface area is 248 Å². The van der Waals surface area contributed by atoms with Crippen molar-refractivity contribution in [3.8, 4) is 17.6 Å². The van der Waals surface area contributed by atoms with E-state index in [0.29, 0.717) is 72.7 Å². The van der Waals surface area contributed by atoms with Gasteiger partial charge < -0.3 is 24.8 Å². The predicted octanol–water partition coefficient (Wildman–Crippen LogP) is 6.30. The van der Waals surface area contributed by atoms with Crippen LogP contribution in [0.4, 0.5) is 0 Å². The molecule has 0 aromatic heterocycles. The fourth-order valence-corrected chi connectivity index (χ4v) is 6.15. The van der Waals surface area contributed by atoms with E-state index in [2.05, 4.69) is 42.5 Å². The van der Waals surface area contributed by atoms with Crippen LogP contribution in [0.5, 0.6) is 11.5 Å². The monoisotopic (exact) mass is 661 g/mol. The van der Waals surface area contributed by atoms with E-state index in [1.165, 1.54) is 0 Å². The number of carbonyl (C=O) groups excluding carboxylic acids is 1. The summed E-state index contributed by atoms with van der Waals surface area (Å²) in [5.41, 5.74) is 10.0. The van der Waals surface area contributed by atoms with Crippen LogP contribution in [0.15, 0.2) is 59.1 Å². The Balaban J connectivity index is 1.81. The minimum atomic E-state index is -0.592. The molecule has 0 bridgehead atoms. The third-order valence-corrected chi connectivity index (χ3v) is 8.02. The Bertz CT molecular complexity index is 1360. The van der Waals surface area contributed by atoms with E-state index in [1.54, 1.807) is 7.11 Å². The van der Waals surface area contributed by atoms with E-state index >= 15 is 0 Å². The molecule has 0 fully saturated rings. The smallest absolute Gasteiger partial charge is 0.174 e. The highest BCUT2D eigenvalue weighted by atomic mass is 127. The van der Waals surface area contributed by atoms with Gasteiger partial charge in [-0.1, -0.05) is 37.6 Å². The lowest BCUT2D eigenvalue weighted by atomic mass is 9.68. The zero-order valence-corrected chi connectivity index (χ0v) is 25.6. The molecule has 2 aromatic rings. The Morgan fingerprint density at radius 3 is 2.56 bits per heavy atom.